The van der Waals surface area contributed by atoms with Crippen molar-refractivity contribution >= 4 is 33.4 Å². The molecule has 4 heteroatoms. The minimum atomic E-state index is 0.432. The third kappa shape index (κ3) is 3.82. The largest absolute Gasteiger partial charge is 0.487 e. The van der Waals surface area contributed by atoms with E-state index in [0.29, 0.717) is 6.61 Å². The van der Waals surface area contributed by atoms with Gasteiger partial charge in [0.2, 0.25) is 0 Å². The van der Waals surface area contributed by atoms with Crippen LogP contribution in [0.4, 0.5) is 0 Å². The first-order chi connectivity index (χ1) is 14.2. The summed E-state index contributed by atoms with van der Waals surface area (Å²) in [7, 11) is 0. The van der Waals surface area contributed by atoms with Gasteiger partial charge in [-0.25, -0.2) is 4.98 Å². The van der Waals surface area contributed by atoms with E-state index in [4.69, 9.17) is 21.3 Å². The summed E-state index contributed by atoms with van der Waals surface area (Å²) in [6.07, 6.45) is 0.817. The topological polar surface area (TPSA) is 37.9 Å². The highest BCUT2D eigenvalue weighted by atomic mass is 35.5. The Morgan fingerprint density at radius 1 is 0.862 bits per heavy atom. The maximum atomic E-state index is 6.13. The van der Waals surface area contributed by atoms with Crippen molar-refractivity contribution in [3.63, 3.8) is 0 Å². The molecule has 5 rings (SSSR count). The van der Waals surface area contributed by atoms with Crippen LogP contribution in [0.1, 0.15) is 17.0 Å². The molecule has 1 N–H and O–H groups in total. The molecule has 0 saturated carbocycles. The Labute approximate surface area is 173 Å². The van der Waals surface area contributed by atoms with Gasteiger partial charge in [-0.2, -0.15) is 0 Å². The van der Waals surface area contributed by atoms with Crippen molar-refractivity contribution in [2.75, 3.05) is 0 Å². The summed E-state index contributed by atoms with van der Waals surface area (Å²) in [5, 5.41) is 2.97. The van der Waals surface area contributed by atoms with Gasteiger partial charge in [0.05, 0.1) is 11.2 Å². The number of H-pyrrole nitrogens is 1. The van der Waals surface area contributed by atoms with Gasteiger partial charge in [0.15, 0.2) is 0 Å². The van der Waals surface area contributed by atoms with Crippen LogP contribution in [0.2, 0.25) is 5.02 Å². The Kier molecular flexibility index (Phi) is 4.66. The Balaban J connectivity index is 1.38. The molecule has 5 aromatic rings. The van der Waals surface area contributed by atoms with Gasteiger partial charge in [-0.05, 0) is 48.0 Å². The molecule has 0 bridgehead atoms. The van der Waals surface area contributed by atoms with E-state index >= 15 is 0 Å². The minimum Gasteiger partial charge on any atom is -0.487 e. The summed E-state index contributed by atoms with van der Waals surface area (Å²) in [6, 6.07) is 28.4. The van der Waals surface area contributed by atoms with Gasteiger partial charge in [0.1, 0.15) is 12.4 Å². The molecule has 0 amide bonds. The van der Waals surface area contributed by atoms with E-state index in [1.807, 2.05) is 48.5 Å². The van der Waals surface area contributed by atoms with Crippen LogP contribution in [0.25, 0.3) is 21.8 Å². The highest BCUT2D eigenvalue weighted by Gasteiger charge is 2.08. The molecular weight excluding hydrogens is 380 g/mol. The van der Waals surface area contributed by atoms with Gasteiger partial charge < -0.3 is 9.72 Å². The van der Waals surface area contributed by atoms with Crippen molar-refractivity contribution in [1.29, 1.82) is 0 Å². The van der Waals surface area contributed by atoms with Gasteiger partial charge in [0, 0.05) is 33.4 Å². The van der Waals surface area contributed by atoms with E-state index in [1.165, 1.54) is 5.56 Å². The van der Waals surface area contributed by atoms with E-state index in [-0.39, 0.29) is 0 Å². The second-order valence-electron chi connectivity index (χ2n) is 7.10. The highest BCUT2D eigenvalue weighted by Crippen LogP contribution is 2.28. The SMILES string of the molecule is Clc1ccc(Cc2cc3c(OCc4ccc5ccccc5n4)cccc3[nH]2)cc1. The summed E-state index contributed by atoms with van der Waals surface area (Å²) in [4.78, 5) is 8.19. The molecule has 0 unspecified atom stereocenters. The minimum absolute atomic E-state index is 0.432. The lowest BCUT2D eigenvalue weighted by atomic mass is 10.1. The zero-order valence-electron chi connectivity index (χ0n) is 15.7. The maximum Gasteiger partial charge on any atom is 0.130 e. The van der Waals surface area contributed by atoms with E-state index < -0.39 is 0 Å². The molecule has 0 aliphatic heterocycles. The smallest absolute Gasteiger partial charge is 0.130 e. The summed E-state index contributed by atoms with van der Waals surface area (Å²) < 4.78 is 6.13. The number of aromatic nitrogens is 2. The molecule has 3 nitrogen and oxygen atoms in total. The predicted molar refractivity (Wildman–Crippen MR) is 119 cm³/mol. The van der Waals surface area contributed by atoms with Crippen molar-refractivity contribution in [2.24, 2.45) is 0 Å². The fraction of sp³-hybridized carbons (Fsp3) is 0.0800. The number of ether oxygens (including phenoxy) is 1. The van der Waals surface area contributed by atoms with Crippen LogP contribution in [0.15, 0.2) is 84.9 Å². The molecule has 0 radical (unpaired) electrons. The number of pyridine rings is 1. The van der Waals surface area contributed by atoms with Crippen LogP contribution in [0.5, 0.6) is 5.75 Å². The average molecular weight is 399 g/mol. The number of hydrogen-bond acceptors (Lipinski definition) is 2. The van der Waals surface area contributed by atoms with Crippen LogP contribution in [0.3, 0.4) is 0 Å². The van der Waals surface area contributed by atoms with Crippen LogP contribution in [0, 0.1) is 0 Å². The van der Waals surface area contributed by atoms with Gasteiger partial charge >= 0.3 is 0 Å². The number of rotatable bonds is 5. The molecule has 29 heavy (non-hydrogen) atoms. The molecule has 2 aromatic heterocycles. The second kappa shape index (κ2) is 7.61. The van der Waals surface area contributed by atoms with E-state index in [0.717, 1.165) is 50.4 Å². The van der Waals surface area contributed by atoms with Crippen LogP contribution in [-0.2, 0) is 13.0 Å². The molecule has 0 atom stereocenters. The first-order valence-electron chi connectivity index (χ1n) is 9.57. The van der Waals surface area contributed by atoms with Crippen molar-refractivity contribution in [1.82, 2.24) is 9.97 Å². The Morgan fingerprint density at radius 3 is 2.62 bits per heavy atom. The molecule has 0 fully saturated rings. The molecular formula is C25H19ClN2O. The van der Waals surface area contributed by atoms with Crippen molar-refractivity contribution in [3.05, 3.63) is 107 Å². The molecule has 2 heterocycles. The standard InChI is InChI=1S/C25H19ClN2O/c26-19-11-8-17(9-12-19)14-21-15-22-24(28-21)6-3-7-25(22)29-16-20-13-10-18-4-1-2-5-23(18)27-20/h1-13,15,28H,14,16H2. The lowest BCUT2D eigenvalue weighted by molar-refractivity contribution is 0.305. The lowest BCUT2D eigenvalue weighted by Crippen LogP contribution is -1.98. The molecule has 0 aliphatic rings. The van der Waals surface area contributed by atoms with Crippen LogP contribution in [-0.4, -0.2) is 9.97 Å². The highest BCUT2D eigenvalue weighted by molar-refractivity contribution is 6.30. The predicted octanol–water partition coefficient (Wildman–Crippen LogP) is 6.54. The number of hydrogen-bond donors (Lipinski definition) is 1. The number of nitrogens with zero attached hydrogens (tertiary/aromatic N) is 1. The number of aromatic amines is 1. The van der Waals surface area contributed by atoms with E-state index in [1.54, 1.807) is 0 Å². The third-order valence-electron chi connectivity index (χ3n) is 5.02. The summed E-state index contributed by atoms with van der Waals surface area (Å²) >= 11 is 5.99. The Hall–Kier alpha value is -3.30. The monoisotopic (exact) mass is 398 g/mol. The van der Waals surface area contributed by atoms with Crippen molar-refractivity contribution < 1.29 is 4.74 Å². The zero-order chi connectivity index (χ0) is 19.6. The van der Waals surface area contributed by atoms with Crippen LogP contribution < -0.4 is 4.74 Å². The van der Waals surface area contributed by atoms with E-state index in [9.17, 15) is 0 Å². The van der Waals surface area contributed by atoms with Crippen LogP contribution >= 0.6 is 11.6 Å². The van der Waals surface area contributed by atoms with Gasteiger partial charge in [-0.15, -0.1) is 0 Å². The zero-order valence-corrected chi connectivity index (χ0v) is 16.5. The number of nitrogens with one attached hydrogen (secondary N) is 1. The van der Waals surface area contributed by atoms with Gasteiger partial charge in [-0.1, -0.05) is 54.1 Å². The Morgan fingerprint density at radius 2 is 1.72 bits per heavy atom. The first-order valence-corrected chi connectivity index (χ1v) is 9.95. The molecule has 0 spiro atoms. The summed E-state index contributed by atoms with van der Waals surface area (Å²) in [5.41, 5.74) is 5.32. The quantitative estimate of drug-likeness (QED) is 0.365. The number of fused-ring (bicyclic) bond motifs is 2. The molecule has 0 aliphatic carbocycles. The van der Waals surface area contributed by atoms with E-state index in [2.05, 4.69) is 41.4 Å². The lowest BCUT2D eigenvalue weighted by Gasteiger charge is -2.08. The molecule has 3 aromatic carbocycles. The normalized spacial score (nSPS) is 11.2. The Bertz CT molecular complexity index is 1290. The maximum absolute atomic E-state index is 6.13. The van der Waals surface area contributed by atoms with Gasteiger partial charge in [0.25, 0.3) is 0 Å². The molecule has 142 valence electrons. The fourth-order valence-corrected chi connectivity index (χ4v) is 3.69. The van der Waals surface area contributed by atoms with Crippen molar-refractivity contribution in [2.45, 2.75) is 13.0 Å². The molecule has 0 saturated heterocycles. The van der Waals surface area contributed by atoms with Crippen molar-refractivity contribution in [3.8, 4) is 5.75 Å². The number of halogens is 1. The number of para-hydroxylation sites is 1. The number of benzene rings is 3. The fourth-order valence-electron chi connectivity index (χ4n) is 3.57. The van der Waals surface area contributed by atoms with Gasteiger partial charge in [-0.3, -0.25) is 0 Å². The summed E-state index contributed by atoms with van der Waals surface area (Å²) in [5.74, 6) is 0.857. The first kappa shape index (κ1) is 17.8. The second-order valence-corrected chi connectivity index (χ2v) is 7.54. The summed E-state index contributed by atoms with van der Waals surface area (Å²) in [6.45, 7) is 0.432. The third-order valence-corrected chi connectivity index (χ3v) is 5.27. The average Bonchev–Trinajstić information content (AvgIpc) is 3.17.